The average Bonchev–Trinajstić information content (AvgIpc) is 1.72. The van der Waals surface area contributed by atoms with Crippen LogP contribution >= 0.6 is 0 Å². The topological polar surface area (TPSA) is 64.1 Å². The molecule has 3 heteroatoms. The van der Waals surface area contributed by atoms with Crippen LogP contribution in [0.2, 0.25) is 0 Å². The molecule has 0 unspecified atom stereocenters. The summed E-state index contributed by atoms with van der Waals surface area (Å²) in [7, 11) is 1.78. The molecule has 0 amide bonds. The Morgan fingerprint density at radius 3 is 2.43 bits per heavy atom. The van der Waals surface area contributed by atoms with E-state index >= 15 is 0 Å². The van der Waals surface area contributed by atoms with Crippen molar-refractivity contribution in [3.05, 3.63) is 11.9 Å². The van der Waals surface area contributed by atoms with Gasteiger partial charge >= 0.3 is 0 Å². The molecule has 5 N–H and O–H groups in total. The number of hydrogen-bond acceptors (Lipinski definition) is 3. The van der Waals surface area contributed by atoms with Gasteiger partial charge in [-0.3, -0.25) is 0 Å². The lowest BCUT2D eigenvalue weighted by Crippen LogP contribution is -2.16. The summed E-state index contributed by atoms with van der Waals surface area (Å²) < 4.78 is 0. The number of nitrogens with one attached hydrogen (secondary N) is 1. The summed E-state index contributed by atoms with van der Waals surface area (Å²) in [5, 5.41) is 2.81. The molecule has 42 valence electrons. The molecule has 0 aliphatic rings. The molecule has 3 nitrogen and oxygen atoms in total. The molecule has 0 aromatic rings. The lowest BCUT2D eigenvalue weighted by Gasteiger charge is -1.97. The normalized spacial score (nSPS) is 11.4. The summed E-state index contributed by atoms with van der Waals surface area (Å²) in [6, 6.07) is 0. The van der Waals surface area contributed by atoms with Crippen LogP contribution in [-0.2, 0) is 0 Å². The SMILES string of the molecule is CN/C(=C/N)CN. The highest BCUT2D eigenvalue weighted by molar-refractivity contribution is 4.96. The maximum absolute atomic E-state index is 5.18. The number of hydrogen-bond donors (Lipinski definition) is 3. The lowest BCUT2D eigenvalue weighted by molar-refractivity contribution is 0.919. The van der Waals surface area contributed by atoms with Gasteiger partial charge in [-0.05, 0) is 0 Å². The summed E-state index contributed by atoms with van der Waals surface area (Å²) in [6.45, 7) is 0.479. The molecular weight excluding hydrogens is 90.1 g/mol. The quantitative estimate of drug-likeness (QED) is 0.416. The molecule has 0 aromatic carbocycles. The largest absolute Gasteiger partial charge is 0.403 e. The Morgan fingerprint density at radius 2 is 2.43 bits per heavy atom. The van der Waals surface area contributed by atoms with Crippen molar-refractivity contribution in [2.24, 2.45) is 11.5 Å². The Kier molecular flexibility index (Phi) is 3.14. The van der Waals surface area contributed by atoms with Crippen LogP contribution in [0, 0.1) is 0 Å². The van der Waals surface area contributed by atoms with E-state index in [9.17, 15) is 0 Å². The van der Waals surface area contributed by atoms with E-state index in [-0.39, 0.29) is 0 Å². The molecule has 0 saturated carbocycles. The van der Waals surface area contributed by atoms with Crippen LogP contribution in [0.4, 0.5) is 0 Å². The van der Waals surface area contributed by atoms with Crippen molar-refractivity contribution < 1.29 is 0 Å². The second-order valence-electron chi connectivity index (χ2n) is 1.15. The van der Waals surface area contributed by atoms with Crippen LogP contribution in [0.5, 0.6) is 0 Å². The minimum Gasteiger partial charge on any atom is -0.403 e. The monoisotopic (exact) mass is 101 g/mol. The van der Waals surface area contributed by atoms with Crippen molar-refractivity contribution in [3.63, 3.8) is 0 Å². The molecule has 0 aromatic heterocycles. The Bertz CT molecular complexity index is 61.3. The molecule has 0 fully saturated rings. The zero-order chi connectivity index (χ0) is 5.70. The number of likely N-dealkylation sites (N-methyl/N-ethyl adjacent to an activating group) is 1. The van der Waals surface area contributed by atoms with Gasteiger partial charge in [0, 0.05) is 25.5 Å². The minimum absolute atomic E-state index is 0.479. The summed E-state index contributed by atoms with van der Waals surface area (Å²) in [5.74, 6) is 0. The summed E-state index contributed by atoms with van der Waals surface area (Å²) in [4.78, 5) is 0. The highest BCUT2D eigenvalue weighted by Gasteiger charge is 1.80. The van der Waals surface area contributed by atoms with Gasteiger partial charge in [-0.25, -0.2) is 0 Å². The van der Waals surface area contributed by atoms with Gasteiger partial charge in [-0.1, -0.05) is 0 Å². The van der Waals surface area contributed by atoms with Gasteiger partial charge in [-0.15, -0.1) is 0 Å². The first-order chi connectivity index (χ1) is 3.35. The summed E-state index contributed by atoms with van der Waals surface area (Å²) in [6.07, 6.45) is 1.46. The molecule has 0 heterocycles. The fourth-order valence-electron chi connectivity index (χ4n) is 0.253. The molecule has 0 radical (unpaired) electrons. The van der Waals surface area contributed by atoms with Gasteiger partial charge in [0.05, 0.1) is 0 Å². The zero-order valence-corrected chi connectivity index (χ0v) is 4.44. The van der Waals surface area contributed by atoms with Crippen molar-refractivity contribution >= 4 is 0 Å². The van der Waals surface area contributed by atoms with E-state index in [0.717, 1.165) is 5.70 Å². The first-order valence-electron chi connectivity index (χ1n) is 2.13. The maximum atomic E-state index is 5.18. The van der Waals surface area contributed by atoms with E-state index < -0.39 is 0 Å². The van der Waals surface area contributed by atoms with Crippen molar-refractivity contribution in [2.75, 3.05) is 13.6 Å². The third-order valence-electron chi connectivity index (χ3n) is 0.742. The second kappa shape index (κ2) is 3.49. The number of rotatable bonds is 2. The van der Waals surface area contributed by atoms with E-state index in [1.807, 2.05) is 0 Å². The predicted molar refractivity (Wildman–Crippen MR) is 30.4 cm³/mol. The standard InChI is InChI=1S/C4H11N3/c1-7-4(2-5)3-6/h2,7H,3,5-6H2,1H3/b4-2+. The Morgan fingerprint density at radius 1 is 1.86 bits per heavy atom. The predicted octanol–water partition coefficient (Wildman–Crippen LogP) is -1.04. The van der Waals surface area contributed by atoms with Gasteiger partial charge in [0.2, 0.25) is 0 Å². The van der Waals surface area contributed by atoms with Crippen molar-refractivity contribution in [1.29, 1.82) is 0 Å². The molecule has 0 rings (SSSR count). The fraction of sp³-hybridized carbons (Fsp3) is 0.500. The molecule has 0 aliphatic heterocycles. The minimum atomic E-state index is 0.479. The van der Waals surface area contributed by atoms with Crippen LogP contribution < -0.4 is 16.8 Å². The first-order valence-corrected chi connectivity index (χ1v) is 2.13. The molecule has 0 atom stereocenters. The van der Waals surface area contributed by atoms with Crippen LogP contribution in [0.15, 0.2) is 11.9 Å². The Hall–Kier alpha value is -0.700. The van der Waals surface area contributed by atoms with Gasteiger partial charge in [-0.2, -0.15) is 0 Å². The first kappa shape index (κ1) is 6.30. The van der Waals surface area contributed by atoms with Gasteiger partial charge < -0.3 is 16.8 Å². The van der Waals surface area contributed by atoms with Crippen molar-refractivity contribution in [1.82, 2.24) is 5.32 Å². The van der Waals surface area contributed by atoms with Crippen molar-refractivity contribution in [3.8, 4) is 0 Å². The molecule has 0 saturated heterocycles. The van der Waals surface area contributed by atoms with Gasteiger partial charge in [0.25, 0.3) is 0 Å². The van der Waals surface area contributed by atoms with Crippen LogP contribution in [0.1, 0.15) is 0 Å². The lowest BCUT2D eigenvalue weighted by atomic mass is 10.5. The molecule has 0 bridgehead atoms. The molecule has 0 aliphatic carbocycles. The highest BCUT2D eigenvalue weighted by atomic mass is 14.9. The smallest absolute Gasteiger partial charge is 0.0400 e. The number of nitrogens with two attached hydrogens (primary N) is 2. The summed E-state index contributed by atoms with van der Waals surface area (Å²) in [5.41, 5.74) is 11.1. The average molecular weight is 101 g/mol. The highest BCUT2D eigenvalue weighted by Crippen LogP contribution is 1.73. The zero-order valence-electron chi connectivity index (χ0n) is 4.44. The van der Waals surface area contributed by atoms with E-state index in [1.165, 1.54) is 6.20 Å². The van der Waals surface area contributed by atoms with Crippen LogP contribution in [0.25, 0.3) is 0 Å². The van der Waals surface area contributed by atoms with E-state index in [1.54, 1.807) is 7.05 Å². The third-order valence-corrected chi connectivity index (χ3v) is 0.742. The Labute approximate surface area is 43.4 Å². The van der Waals surface area contributed by atoms with Gasteiger partial charge in [0.15, 0.2) is 0 Å². The molecule has 0 spiro atoms. The Balaban J connectivity index is 3.38. The van der Waals surface area contributed by atoms with E-state index in [0.29, 0.717) is 6.54 Å². The van der Waals surface area contributed by atoms with Crippen LogP contribution in [0.3, 0.4) is 0 Å². The van der Waals surface area contributed by atoms with E-state index in [4.69, 9.17) is 11.5 Å². The van der Waals surface area contributed by atoms with Crippen molar-refractivity contribution in [2.45, 2.75) is 0 Å². The van der Waals surface area contributed by atoms with E-state index in [2.05, 4.69) is 5.32 Å². The molecular formula is C4H11N3. The van der Waals surface area contributed by atoms with Crippen LogP contribution in [-0.4, -0.2) is 13.6 Å². The molecule has 7 heavy (non-hydrogen) atoms. The van der Waals surface area contributed by atoms with Gasteiger partial charge in [0.1, 0.15) is 0 Å². The second-order valence-corrected chi connectivity index (χ2v) is 1.15. The maximum Gasteiger partial charge on any atom is 0.0400 e. The third kappa shape index (κ3) is 2.05. The fourth-order valence-corrected chi connectivity index (χ4v) is 0.253. The summed E-state index contributed by atoms with van der Waals surface area (Å²) >= 11 is 0.